The number of aliphatic imine (C=N–C) groups is 1. The maximum atomic E-state index is 12.7. The highest BCUT2D eigenvalue weighted by atomic mass is 35.5. The van der Waals surface area contributed by atoms with Gasteiger partial charge in [0.25, 0.3) is 0 Å². The van der Waals surface area contributed by atoms with Gasteiger partial charge >= 0.3 is 5.97 Å². The third-order valence-corrected chi connectivity index (χ3v) is 5.33. The number of nitrogens with zero attached hydrogens (tertiary/aromatic N) is 2. The minimum absolute atomic E-state index is 0.122. The molecule has 23 heavy (non-hydrogen) atoms. The summed E-state index contributed by atoms with van der Waals surface area (Å²) in [4.78, 5) is 29.1. The first-order chi connectivity index (χ1) is 10.9. The van der Waals surface area contributed by atoms with Crippen LogP contribution in [0.4, 0.5) is 0 Å². The number of esters is 1. The number of hydrogen-bond acceptors (Lipinski definition) is 4. The van der Waals surface area contributed by atoms with Crippen molar-refractivity contribution in [1.82, 2.24) is 4.57 Å². The fraction of sp³-hybridized carbons (Fsp3) is 0.353. The van der Waals surface area contributed by atoms with Crippen molar-refractivity contribution < 1.29 is 14.3 Å². The van der Waals surface area contributed by atoms with Gasteiger partial charge in [-0.2, -0.15) is 0 Å². The fourth-order valence-corrected chi connectivity index (χ4v) is 3.75. The van der Waals surface area contributed by atoms with Gasteiger partial charge in [0.1, 0.15) is 5.17 Å². The molecule has 2 bridgehead atoms. The lowest BCUT2D eigenvalue weighted by molar-refractivity contribution is -0.169. The fourth-order valence-electron chi connectivity index (χ4n) is 3.47. The Hall–Kier alpha value is -2.14. The van der Waals surface area contributed by atoms with E-state index in [2.05, 4.69) is 4.99 Å². The van der Waals surface area contributed by atoms with E-state index in [9.17, 15) is 9.59 Å². The number of hydrogen-bond donors (Lipinski definition) is 0. The number of rotatable bonds is 1. The van der Waals surface area contributed by atoms with E-state index in [1.54, 1.807) is 17.7 Å². The van der Waals surface area contributed by atoms with Crippen molar-refractivity contribution in [1.29, 1.82) is 0 Å². The summed E-state index contributed by atoms with van der Waals surface area (Å²) < 4.78 is 7.11. The number of aromatic nitrogens is 1. The van der Waals surface area contributed by atoms with Crippen molar-refractivity contribution in [2.45, 2.75) is 37.8 Å². The molecule has 2 atom stereocenters. The van der Waals surface area contributed by atoms with Crippen LogP contribution < -0.4 is 0 Å². The second-order valence-corrected chi connectivity index (χ2v) is 6.69. The topological polar surface area (TPSA) is 60.7 Å². The third-order valence-electron chi connectivity index (χ3n) is 4.84. The van der Waals surface area contributed by atoms with Crippen LogP contribution in [0.1, 0.15) is 37.0 Å². The quantitative estimate of drug-likeness (QED) is 0.754. The molecule has 6 heteroatoms. The number of para-hydroxylation sites is 1. The van der Waals surface area contributed by atoms with Gasteiger partial charge in [-0.3, -0.25) is 9.36 Å². The number of carbonyl (C=O) groups is 2. The van der Waals surface area contributed by atoms with Crippen LogP contribution in [-0.2, 0) is 15.1 Å². The second-order valence-electron chi connectivity index (χ2n) is 6.33. The highest BCUT2D eigenvalue weighted by Crippen LogP contribution is 2.49. The minimum Gasteiger partial charge on any atom is -0.450 e. The van der Waals surface area contributed by atoms with E-state index in [0.717, 1.165) is 10.9 Å². The average Bonchev–Trinajstić information content (AvgIpc) is 2.90. The van der Waals surface area contributed by atoms with E-state index in [4.69, 9.17) is 16.3 Å². The SMILES string of the molecule is CC(=O)n1cc(C23CCC(C)(OC2=O)C(Cl)=N3)c2ccccc21. The Balaban J connectivity index is 2.03. The molecule has 0 radical (unpaired) electrons. The van der Waals surface area contributed by atoms with Gasteiger partial charge in [-0.05, 0) is 25.8 Å². The second kappa shape index (κ2) is 4.45. The summed E-state index contributed by atoms with van der Waals surface area (Å²) in [6, 6.07) is 7.47. The molecule has 2 aromatic rings. The van der Waals surface area contributed by atoms with E-state index in [1.807, 2.05) is 24.3 Å². The molecule has 0 N–H and O–H groups in total. The van der Waals surface area contributed by atoms with Crippen LogP contribution >= 0.6 is 11.6 Å². The van der Waals surface area contributed by atoms with E-state index in [1.165, 1.54) is 6.92 Å². The largest absolute Gasteiger partial charge is 0.450 e. The van der Waals surface area contributed by atoms with Crippen LogP contribution in [0.2, 0.25) is 0 Å². The molecule has 0 saturated carbocycles. The Kier molecular flexibility index (Phi) is 2.79. The first-order valence-corrected chi connectivity index (χ1v) is 7.86. The summed E-state index contributed by atoms with van der Waals surface area (Å²) in [5.41, 5.74) is -0.551. The Morgan fingerprint density at radius 2 is 2.09 bits per heavy atom. The van der Waals surface area contributed by atoms with Gasteiger partial charge in [-0.15, -0.1) is 0 Å². The molecule has 3 aliphatic rings. The zero-order chi connectivity index (χ0) is 16.4. The monoisotopic (exact) mass is 330 g/mol. The molecule has 1 fully saturated rings. The lowest BCUT2D eigenvalue weighted by Gasteiger charge is -2.46. The number of benzene rings is 1. The van der Waals surface area contributed by atoms with E-state index in [0.29, 0.717) is 23.6 Å². The van der Waals surface area contributed by atoms with Crippen LogP contribution in [-0.4, -0.2) is 27.2 Å². The van der Waals surface area contributed by atoms with E-state index in [-0.39, 0.29) is 5.91 Å². The lowest BCUT2D eigenvalue weighted by Crippen LogP contribution is -2.56. The maximum Gasteiger partial charge on any atom is 0.339 e. The zero-order valence-corrected chi connectivity index (χ0v) is 13.6. The zero-order valence-electron chi connectivity index (χ0n) is 12.8. The van der Waals surface area contributed by atoms with Crippen LogP contribution in [0.3, 0.4) is 0 Å². The molecule has 5 rings (SSSR count). The van der Waals surface area contributed by atoms with Crippen molar-refractivity contribution in [3.8, 4) is 0 Å². The standard InChI is InChI=1S/C17H15ClN2O3/c1-10(21)20-9-12(11-5-3-4-6-13(11)20)17-8-7-16(2,14(18)19-17)23-15(17)22/h3-6,9H,7-8H2,1-2H3. The smallest absolute Gasteiger partial charge is 0.339 e. The van der Waals surface area contributed by atoms with Crippen LogP contribution in [0, 0.1) is 0 Å². The van der Waals surface area contributed by atoms with Gasteiger partial charge in [0.2, 0.25) is 5.91 Å². The van der Waals surface area contributed by atoms with Gasteiger partial charge in [0, 0.05) is 24.1 Å². The summed E-state index contributed by atoms with van der Waals surface area (Å²) in [7, 11) is 0. The highest BCUT2D eigenvalue weighted by molar-refractivity contribution is 6.67. The number of ether oxygens (including phenoxy) is 1. The number of fused-ring (bicyclic) bond motifs is 3. The molecule has 0 amide bonds. The first kappa shape index (κ1) is 14.5. The normalized spacial score (nSPS) is 29.5. The van der Waals surface area contributed by atoms with Crippen molar-refractivity contribution in [3.63, 3.8) is 0 Å². The van der Waals surface area contributed by atoms with Crippen molar-refractivity contribution >= 4 is 39.6 Å². The molecule has 5 nitrogen and oxygen atoms in total. The molecule has 1 aromatic heterocycles. The molecular formula is C17H15ClN2O3. The number of carbonyl (C=O) groups excluding carboxylic acids is 2. The molecule has 1 saturated heterocycles. The summed E-state index contributed by atoms with van der Waals surface area (Å²) >= 11 is 6.28. The Bertz CT molecular complexity index is 900. The van der Waals surface area contributed by atoms with Crippen LogP contribution in [0.25, 0.3) is 10.9 Å². The molecule has 0 spiro atoms. The molecule has 0 aliphatic carbocycles. The van der Waals surface area contributed by atoms with E-state index < -0.39 is 17.1 Å². The first-order valence-electron chi connectivity index (χ1n) is 7.48. The maximum absolute atomic E-state index is 12.7. The van der Waals surface area contributed by atoms with Gasteiger partial charge in [0.05, 0.1) is 5.52 Å². The molecule has 3 aliphatic heterocycles. The minimum atomic E-state index is -1.16. The van der Waals surface area contributed by atoms with Crippen molar-refractivity contribution in [2.24, 2.45) is 4.99 Å². The van der Waals surface area contributed by atoms with Crippen molar-refractivity contribution in [2.75, 3.05) is 0 Å². The van der Waals surface area contributed by atoms with Gasteiger partial charge < -0.3 is 4.74 Å². The van der Waals surface area contributed by atoms with Crippen molar-refractivity contribution in [3.05, 3.63) is 36.0 Å². The third kappa shape index (κ3) is 1.77. The lowest BCUT2D eigenvalue weighted by atomic mass is 9.77. The van der Waals surface area contributed by atoms with Crippen LogP contribution in [0.5, 0.6) is 0 Å². The summed E-state index contributed by atoms with van der Waals surface area (Å²) in [5, 5.41) is 1.13. The molecule has 118 valence electrons. The summed E-state index contributed by atoms with van der Waals surface area (Å²) in [5.74, 6) is -0.522. The Labute approximate surface area is 137 Å². The predicted molar refractivity (Wildman–Crippen MR) is 86.9 cm³/mol. The molecule has 2 unspecified atom stereocenters. The Morgan fingerprint density at radius 1 is 1.35 bits per heavy atom. The van der Waals surface area contributed by atoms with Gasteiger partial charge in [0.15, 0.2) is 11.1 Å². The molecule has 1 aromatic carbocycles. The molecular weight excluding hydrogens is 316 g/mol. The molecule has 4 heterocycles. The average molecular weight is 331 g/mol. The van der Waals surface area contributed by atoms with Gasteiger partial charge in [-0.25, -0.2) is 9.79 Å². The summed E-state index contributed by atoms with van der Waals surface area (Å²) in [6.45, 7) is 3.26. The highest BCUT2D eigenvalue weighted by Gasteiger charge is 2.57. The van der Waals surface area contributed by atoms with Crippen LogP contribution in [0.15, 0.2) is 35.5 Å². The predicted octanol–water partition coefficient (Wildman–Crippen LogP) is 3.24. The van der Waals surface area contributed by atoms with Gasteiger partial charge in [-0.1, -0.05) is 29.8 Å². The van der Waals surface area contributed by atoms with E-state index >= 15 is 0 Å². The number of halogens is 1. The summed E-state index contributed by atoms with van der Waals surface area (Å²) in [6.07, 6.45) is 2.82. The Morgan fingerprint density at radius 3 is 2.74 bits per heavy atom.